The van der Waals surface area contributed by atoms with Crippen LogP contribution in [0.2, 0.25) is 0 Å². The Kier molecular flexibility index (Phi) is 4.51. The predicted octanol–water partition coefficient (Wildman–Crippen LogP) is 1.78. The lowest BCUT2D eigenvalue weighted by atomic mass is 10.1. The van der Waals surface area contributed by atoms with Crippen LogP contribution in [0, 0.1) is 6.92 Å². The molecule has 8 heteroatoms. The van der Waals surface area contributed by atoms with Crippen LogP contribution in [0.25, 0.3) is 0 Å². The van der Waals surface area contributed by atoms with E-state index in [-0.39, 0.29) is 12.1 Å². The van der Waals surface area contributed by atoms with Gasteiger partial charge in [-0.15, -0.1) is 15.3 Å². The first kappa shape index (κ1) is 15.8. The Bertz CT molecular complexity index is 636. The number of aromatic nitrogens is 4. The Morgan fingerprint density at radius 1 is 1.43 bits per heavy atom. The molecule has 7 nitrogen and oxygen atoms in total. The molecule has 3 rings (SSSR count). The first-order chi connectivity index (χ1) is 11.0. The van der Waals surface area contributed by atoms with Gasteiger partial charge in [-0.2, -0.15) is 5.10 Å². The van der Waals surface area contributed by atoms with E-state index in [0.717, 1.165) is 0 Å². The molecule has 1 saturated heterocycles. The zero-order chi connectivity index (χ0) is 16.4. The third-order valence-corrected chi connectivity index (χ3v) is 4.27. The second-order valence-electron chi connectivity index (χ2n) is 6.00. The van der Waals surface area contributed by atoms with Gasteiger partial charge in [0.25, 0.3) is 0 Å². The summed E-state index contributed by atoms with van der Waals surface area (Å²) in [5, 5.41) is 15.9. The van der Waals surface area contributed by atoms with Gasteiger partial charge in [-0.3, -0.25) is 4.90 Å². The highest BCUT2D eigenvalue weighted by Crippen LogP contribution is 2.27. The number of hydrogen-bond donors (Lipinski definition) is 0. The minimum atomic E-state index is -0.851. The third-order valence-electron chi connectivity index (χ3n) is 4.27. The molecule has 0 unspecified atom stereocenters. The maximum Gasteiger partial charge on any atom is 0.233 e. The standard InChI is InChI=1S/C15H21FN6O/c1-10(15-20-18-11(2)23-15)21(3)9-13-7-12(16)8-22(13)14-5-4-6-17-19-14/h4-6,10,12-13H,7-9H2,1-3H3/t10-,12+,13+/m1/s1. The van der Waals surface area contributed by atoms with Crippen LogP contribution in [0.4, 0.5) is 10.2 Å². The Labute approximate surface area is 134 Å². The van der Waals surface area contributed by atoms with E-state index >= 15 is 0 Å². The summed E-state index contributed by atoms with van der Waals surface area (Å²) in [5.74, 6) is 1.84. The lowest BCUT2D eigenvalue weighted by Gasteiger charge is -2.30. The number of likely N-dealkylation sites (N-methyl/N-ethyl adjacent to an activating group) is 1. The van der Waals surface area contributed by atoms with Crippen molar-refractivity contribution in [3.63, 3.8) is 0 Å². The van der Waals surface area contributed by atoms with Crippen molar-refractivity contribution in [1.82, 2.24) is 25.3 Å². The van der Waals surface area contributed by atoms with Crippen molar-refractivity contribution < 1.29 is 8.81 Å². The number of aryl methyl sites for hydroxylation is 1. The minimum absolute atomic E-state index is 0.0291. The van der Waals surface area contributed by atoms with Gasteiger partial charge >= 0.3 is 0 Å². The molecule has 1 aliphatic rings. The van der Waals surface area contributed by atoms with Gasteiger partial charge in [0.15, 0.2) is 5.82 Å². The average molecular weight is 320 g/mol. The van der Waals surface area contributed by atoms with Crippen molar-refractivity contribution in [2.75, 3.05) is 25.0 Å². The Balaban J connectivity index is 1.70. The summed E-state index contributed by atoms with van der Waals surface area (Å²) in [6.07, 6.45) is 1.25. The van der Waals surface area contributed by atoms with Crippen LogP contribution in [-0.4, -0.2) is 57.6 Å². The fourth-order valence-corrected chi connectivity index (χ4v) is 2.92. The molecule has 2 aromatic rings. The molecular formula is C15H21FN6O. The summed E-state index contributed by atoms with van der Waals surface area (Å²) in [4.78, 5) is 4.08. The van der Waals surface area contributed by atoms with Gasteiger partial charge in [0, 0.05) is 32.1 Å². The number of alkyl halides is 1. The van der Waals surface area contributed by atoms with Crippen LogP contribution in [0.5, 0.6) is 0 Å². The van der Waals surface area contributed by atoms with Crippen LogP contribution in [0.15, 0.2) is 22.7 Å². The van der Waals surface area contributed by atoms with E-state index < -0.39 is 6.17 Å². The molecule has 0 spiro atoms. The average Bonchev–Trinajstić information content (AvgIpc) is 3.13. The van der Waals surface area contributed by atoms with Crippen molar-refractivity contribution in [1.29, 1.82) is 0 Å². The molecule has 3 heterocycles. The molecule has 0 saturated carbocycles. The highest BCUT2D eigenvalue weighted by molar-refractivity contribution is 5.40. The van der Waals surface area contributed by atoms with E-state index in [0.29, 0.717) is 37.1 Å². The minimum Gasteiger partial charge on any atom is -0.424 e. The molecule has 0 bridgehead atoms. The van der Waals surface area contributed by atoms with Crippen molar-refractivity contribution in [3.05, 3.63) is 30.1 Å². The highest BCUT2D eigenvalue weighted by Gasteiger charge is 2.35. The quantitative estimate of drug-likeness (QED) is 0.831. The molecular weight excluding hydrogens is 299 g/mol. The Morgan fingerprint density at radius 3 is 2.91 bits per heavy atom. The summed E-state index contributed by atoms with van der Waals surface area (Å²) in [5.41, 5.74) is 0. The molecule has 1 fully saturated rings. The van der Waals surface area contributed by atoms with Crippen molar-refractivity contribution in [2.45, 2.75) is 38.5 Å². The maximum absolute atomic E-state index is 13.9. The molecule has 2 aromatic heterocycles. The fourth-order valence-electron chi connectivity index (χ4n) is 2.92. The normalized spacial score (nSPS) is 22.7. The van der Waals surface area contributed by atoms with E-state index in [4.69, 9.17) is 4.42 Å². The van der Waals surface area contributed by atoms with E-state index in [2.05, 4.69) is 25.3 Å². The van der Waals surface area contributed by atoms with Crippen molar-refractivity contribution >= 4 is 5.82 Å². The molecule has 0 aliphatic carbocycles. The number of anilines is 1. The predicted molar refractivity (Wildman–Crippen MR) is 82.8 cm³/mol. The second kappa shape index (κ2) is 6.57. The molecule has 0 amide bonds. The van der Waals surface area contributed by atoms with Gasteiger partial charge in [-0.05, 0) is 26.1 Å². The zero-order valence-electron chi connectivity index (χ0n) is 13.6. The summed E-state index contributed by atoms with van der Waals surface area (Å²) < 4.78 is 19.4. The van der Waals surface area contributed by atoms with Gasteiger partial charge in [0.1, 0.15) is 6.17 Å². The fraction of sp³-hybridized carbons (Fsp3) is 0.600. The SMILES string of the molecule is Cc1nnc([C@@H](C)N(C)C[C@@H]2C[C@H](F)CN2c2cccnn2)o1. The smallest absolute Gasteiger partial charge is 0.233 e. The molecule has 0 aromatic carbocycles. The molecule has 23 heavy (non-hydrogen) atoms. The van der Waals surface area contributed by atoms with E-state index in [1.165, 1.54) is 0 Å². The third kappa shape index (κ3) is 3.47. The van der Waals surface area contributed by atoms with Crippen LogP contribution < -0.4 is 4.90 Å². The van der Waals surface area contributed by atoms with Gasteiger partial charge < -0.3 is 9.32 Å². The maximum atomic E-state index is 13.9. The Hall–Kier alpha value is -2.09. The second-order valence-corrected chi connectivity index (χ2v) is 6.00. The number of halogens is 1. The van der Waals surface area contributed by atoms with Crippen molar-refractivity contribution in [3.8, 4) is 0 Å². The summed E-state index contributed by atoms with van der Waals surface area (Å²) in [6.45, 7) is 4.80. The summed E-state index contributed by atoms with van der Waals surface area (Å²) >= 11 is 0. The zero-order valence-corrected chi connectivity index (χ0v) is 13.6. The van der Waals surface area contributed by atoms with Crippen LogP contribution in [0.3, 0.4) is 0 Å². The van der Waals surface area contributed by atoms with Gasteiger partial charge in [-0.1, -0.05) is 0 Å². The highest BCUT2D eigenvalue weighted by atomic mass is 19.1. The molecule has 1 aliphatic heterocycles. The Morgan fingerprint density at radius 2 is 2.26 bits per heavy atom. The van der Waals surface area contributed by atoms with Crippen LogP contribution in [-0.2, 0) is 0 Å². The lowest BCUT2D eigenvalue weighted by Crippen LogP contribution is -2.40. The van der Waals surface area contributed by atoms with Crippen LogP contribution >= 0.6 is 0 Å². The van der Waals surface area contributed by atoms with Crippen molar-refractivity contribution in [2.24, 2.45) is 0 Å². The molecule has 124 valence electrons. The largest absolute Gasteiger partial charge is 0.424 e. The van der Waals surface area contributed by atoms with Crippen LogP contribution in [0.1, 0.15) is 31.2 Å². The van der Waals surface area contributed by atoms with Gasteiger partial charge in [-0.25, -0.2) is 4.39 Å². The number of nitrogens with zero attached hydrogens (tertiary/aromatic N) is 6. The molecule has 3 atom stereocenters. The van der Waals surface area contributed by atoms with E-state index in [1.54, 1.807) is 13.1 Å². The first-order valence-corrected chi connectivity index (χ1v) is 7.73. The summed E-state index contributed by atoms with van der Waals surface area (Å²) in [7, 11) is 1.98. The van der Waals surface area contributed by atoms with Gasteiger partial charge in [0.2, 0.25) is 11.8 Å². The lowest BCUT2D eigenvalue weighted by molar-refractivity contribution is 0.207. The van der Waals surface area contributed by atoms with E-state index in [9.17, 15) is 4.39 Å². The monoisotopic (exact) mass is 320 g/mol. The van der Waals surface area contributed by atoms with E-state index in [1.807, 2.05) is 31.0 Å². The number of rotatable bonds is 5. The molecule has 0 N–H and O–H groups in total. The van der Waals surface area contributed by atoms with Gasteiger partial charge in [0.05, 0.1) is 12.6 Å². The number of hydrogen-bond acceptors (Lipinski definition) is 7. The topological polar surface area (TPSA) is 71.2 Å². The molecule has 0 radical (unpaired) electrons. The summed E-state index contributed by atoms with van der Waals surface area (Å²) in [6, 6.07) is 3.69. The first-order valence-electron chi connectivity index (χ1n) is 7.73.